The van der Waals surface area contributed by atoms with Gasteiger partial charge in [0.25, 0.3) is 0 Å². The van der Waals surface area contributed by atoms with E-state index in [1.54, 1.807) is 6.92 Å². The summed E-state index contributed by atoms with van der Waals surface area (Å²) >= 11 is 0. The number of rotatable bonds is 4. The molecule has 0 amide bonds. The van der Waals surface area contributed by atoms with Crippen LogP contribution < -0.4 is 0 Å². The molecule has 1 fully saturated rings. The van der Waals surface area contributed by atoms with Crippen LogP contribution in [-0.2, 0) is 40.7 Å². The number of hydrogen-bond acceptors (Lipinski definition) is 3. The van der Waals surface area contributed by atoms with Crippen molar-refractivity contribution in [2.45, 2.75) is 32.7 Å². The molecule has 0 aromatic heterocycles. The Bertz CT molecular complexity index is 93.0. The van der Waals surface area contributed by atoms with Gasteiger partial charge in [0.1, 0.15) is 0 Å². The first-order valence-corrected chi connectivity index (χ1v) is 3.27. The molecule has 10 heavy (non-hydrogen) atoms. The average molecular weight is 223 g/mol. The van der Waals surface area contributed by atoms with Crippen molar-refractivity contribution in [1.82, 2.24) is 0 Å². The van der Waals surface area contributed by atoms with Gasteiger partial charge in [-0.15, -0.1) is 0 Å². The van der Waals surface area contributed by atoms with Gasteiger partial charge in [0.2, 0.25) is 0 Å². The summed E-state index contributed by atoms with van der Waals surface area (Å²) < 4.78 is 5.14. The Kier molecular flexibility index (Phi) is 4.95. The Morgan fingerprint density at radius 3 is 2.40 bits per heavy atom. The zero-order valence-corrected chi connectivity index (χ0v) is 8.80. The molecule has 4 heteroatoms. The molecule has 0 spiro atoms. The van der Waals surface area contributed by atoms with Crippen LogP contribution in [0.5, 0.6) is 0 Å². The molecule has 0 saturated carbocycles. The fourth-order valence-electron chi connectivity index (χ4n) is 0.509. The molecular formula is C6H12O3Zr. The van der Waals surface area contributed by atoms with Crippen molar-refractivity contribution in [3.8, 4) is 0 Å². The summed E-state index contributed by atoms with van der Waals surface area (Å²) in [6.07, 6.45) is 2.19. The number of ether oxygens (including phenoxy) is 1. The standard InChI is InChI=1S/C6H12O3.Zr/c1-3-4-5-7-6(2)8-9-6;/h3-5H2,1-2H3;. The molecule has 0 atom stereocenters. The van der Waals surface area contributed by atoms with E-state index >= 15 is 0 Å². The monoisotopic (exact) mass is 222 g/mol. The van der Waals surface area contributed by atoms with Gasteiger partial charge < -0.3 is 4.74 Å². The summed E-state index contributed by atoms with van der Waals surface area (Å²) in [6, 6.07) is 0. The Morgan fingerprint density at radius 2 is 2.00 bits per heavy atom. The van der Waals surface area contributed by atoms with Crippen LogP contribution in [0.15, 0.2) is 0 Å². The van der Waals surface area contributed by atoms with Gasteiger partial charge in [-0.1, -0.05) is 13.3 Å². The maximum absolute atomic E-state index is 5.14. The first-order valence-electron chi connectivity index (χ1n) is 3.27. The number of unbranched alkanes of at least 4 members (excludes halogenated alkanes) is 1. The molecule has 58 valence electrons. The summed E-state index contributed by atoms with van der Waals surface area (Å²) in [5, 5.41) is 0. The smallest absolute Gasteiger partial charge is 0.324 e. The van der Waals surface area contributed by atoms with Crippen molar-refractivity contribution in [1.29, 1.82) is 0 Å². The number of hydrogen-bond donors (Lipinski definition) is 0. The third-order valence-corrected chi connectivity index (χ3v) is 1.18. The van der Waals surface area contributed by atoms with Crippen molar-refractivity contribution in [2.75, 3.05) is 6.61 Å². The van der Waals surface area contributed by atoms with Crippen LogP contribution in [0.1, 0.15) is 26.7 Å². The normalized spacial score (nSPS) is 19.8. The Hall–Kier alpha value is 0.763. The molecule has 0 radical (unpaired) electrons. The predicted molar refractivity (Wildman–Crippen MR) is 31.4 cm³/mol. The zero-order chi connectivity index (χ0) is 6.74. The van der Waals surface area contributed by atoms with E-state index < -0.39 is 5.97 Å². The molecule has 0 N–H and O–H groups in total. The van der Waals surface area contributed by atoms with E-state index in [2.05, 4.69) is 16.7 Å². The van der Waals surface area contributed by atoms with Crippen molar-refractivity contribution < 1.29 is 40.7 Å². The van der Waals surface area contributed by atoms with Gasteiger partial charge in [-0.25, -0.2) is 0 Å². The fourth-order valence-corrected chi connectivity index (χ4v) is 0.509. The van der Waals surface area contributed by atoms with E-state index in [1.807, 2.05) is 0 Å². The molecule has 1 saturated heterocycles. The van der Waals surface area contributed by atoms with Gasteiger partial charge in [-0.3, -0.25) is 0 Å². The van der Waals surface area contributed by atoms with Crippen LogP contribution in [0.4, 0.5) is 0 Å². The Balaban J connectivity index is 0.000000810. The molecule has 1 aliphatic heterocycles. The van der Waals surface area contributed by atoms with Crippen molar-refractivity contribution >= 4 is 0 Å². The molecule has 0 bridgehead atoms. The molecule has 3 nitrogen and oxygen atoms in total. The molecule has 0 unspecified atom stereocenters. The molecule has 1 heterocycles. The third kappa shape index (κ3) is 3.82. The van der Waals surface area contributed by atoms with Gasteiger partial charge in [0.15, 0.2) is 0 Å². The molecule has 0 aliphatic carbocycles. The van der Waals surface area contributed by atoms with Gasteiger partial charge in [0, 0.05) is 33.1 Å². The van der Waals surface area contributed by atoms with E-state index in [0.29, 0.717) is 6.61 Å². The summed E-state index contributed by atoms with van der Waals surface area (Å²) in [6.45, 7) is 4.58. The maximum Gasteiger partial charge on any atom is 0.337 e. The van der Waals surface area contributed by atoms with E-state index in [-0.39, 0.29) is 26.2 Å². The molecule has 0 aromatic carbocycles. The minimum Gasteiger partial charge on any atom is -0.324 e. The van der Waals surface area contributed by atoms with Gasteiger partial charge in [0.05, 0.1) is 6.61 Å². The zero-order valence-electron chi connectivity index (χ0n) is 6.35. The maximum atomic E-state index is 5.14. The van der Waals surface area contributed by atoms with E-state index in [0.717, 1.165) is 12.8 Å². The van der Waals surface area contributed by atoms with Gasteiger partial charge >= 0.3 is 5.97 Å². The van der Waals surface area contributed by atoms with Gasteiger partial charge in [-0.2, -0.15) is 9.78 Å². The van der Waals surface area contributed by atoms with Crippen LogP contribution in [0, 0.1) is 0 Å². The van der Waals surface area contributed by atoms with Gasteiger partial charge in [-0.05, 0) is 6.42 Å². The minimum absolute atomic E-state index is 0. The second-order valence-electron chi connectivity index (χ2n) is 2.23. The molecule has 0 aromatic rings. The third-order valence-electron chi connectivity index (χ3n) is 1.18. The second-order valence-corrected chi connectivity index (χ2v) is 2.23. The predicted octanol–water partition coefficient (Wildman–Crippen LogP) is 1.44. The van der Waals surface area contributed by atoms with E-state index in [9.17, 15) is 0 Å². The molecule has 1 rings (SSSR count). The van der Waals surface area contributed by atoms with Crippen molar-refractivity contribution in [3.05, 3.63) is 0 Å². The van der Waals surface area contributed by atoms with Crippen LogP contribution >= 0.6 is 0 Å². The first kappa shape index (κ1) is 10.8. The summed E-state index contributed by atoms with van der Waals surface area (Å²) in [5.41, 5.74) is 0. The SMILES string of the molecule is CCCCOC1(C)OO1.[Zr]. The second kappa shape index (κ2) is 4.60. The average Bonchev–Trinajstić information content (AvgIpc) is 2.50. The Labute approximate surface area is 80.1 Å². The molecular weight excluding hydrogens is 211 g/mol. The van der Waals surface area contributed by atoms with Crippen molar-refractivity contribution in [3.63, 3.8) is 0 Å². The topological polar surface area (TPSA) is 34.3 Å². The first-order chi connectivity index (χ1) is 4.27. The van der Waals surface area contributed by atoms with Crippen LogP contribution in [-0.4, -0.2) is 12.6 Å². The quantitative estimate of drug-likeness (QED) is 0.411. The summed E-state index contributed by atoms with van der Waals surface area (Å²) in [4.78, 5) is 9.04. The Morgan fingerprint density at radius 1 is 1.40 bits per heavy atom. The van der Waals surface area contributed by atoms with Crippen LogP contribution in [0.25, 0.3) is 0 Å². The van der Waals surface area contributed by atoms with E-state index in [4.69, 9.17) is 4.74 Å². The molecule has 1 aliphatic rings. The van der Waals surface area contributed by atoms with Crippen LogP contribution in [0.2, 0.25) is 0 Å². The summed E-state index contributed by atoms with van der Waals surface area (Å²) in [7, 11) is 0. The van der Waals surface area contributed by atoms with Crippen molar-refractivity contribution in [2.24, 2.45) is 0 Å². The largest absolute Gasteiger partial charge is 0.337 e. The van der Waals surface area contributed by atoms with Crippen LogP contribution in [0.3, 0.4) is 0 Å². The van der Waals surface area contributed by atoms with E-state index in [1.165, 1.54) is 0 Å². The minimum atomic E-state index is -0.699. The fraction of sp³-hybridized carbons (Fsp3) is 1.00. The summed E-state index contributed by atoms with van der Waals surface area (Å²) in [5.74, 6) is -0.699.